The van der Waals surface area contributed by atoms with Crippen LogP contribution < -0.4 is 14.4 Å². The largest absolute Gasteiger partial charge is 0.497 e. The minimum Gasteiger partial charge on any atom is -0.497 e. The second-order valence-electron chi connectivity index (χ2n) is 8.93. The molecule has 5 rings (SSSR count). The first-order valence-corrected chi connectivity index (χ1v) is 12.6. The van der Waals surface area contributed by atoms with Gasteiger partial charge in [-0.2, -0.15) is 4.98 Å². The van der Waals surface area contributed by atoms with E-state index in [-0.39, 0.29) is 5.91 Å². The van der Waals surface area contributed by atoms with Gasteiger partial charge >= 0.3 is 0 Å². The Bertz CT molecular complexity index is 1280. The molecule has 8 nitrogen and oxygen atoms in total. The third-order valence-electron chi connectivity index (χ3n) is 6.51. The highest BCUT2D eigenvalue weighted by atomic mass is 35.5. The van der Waals surface area contributed by atoms with Crippen LogP contribution in [0.4, 0.5) is 5.95 Å². The molecule has 3 aromatic rings. The summed E-state index contributed by atoms with van der Waals surface area (Å²) in [6, 6.07) is 12.3. The van der Waals surface area contributed by atoms with Crippen LogP contribution in [-0.4, -0.2) is 72.6 Å². The Morgan fingerprint density at radius 1 is 0.944 bits per heavy atom. The van der Waals surface area contributed by atoms with Crippen molar-refractivity contribution >= 4 is 35.1 Å². The van der Waals surface area contributed by atoms with Crippen molar-refractivity contribution in [2.75, 3.05) is 51.8 Å². The molecule has 1 aromatic heterocycles. The first-order chi connectivity index (χ1) is 17.4. The number of methoxy groups -OCH3 is 1. The number of halogens is 2. The fourth-order valence-electron chi connectivity index (χ4n) is 4.37. The molecule has 0 atom stereocenters. The molecule has 2 aliphatic heterocycles. The van der Waals surface area contributed by atoms with Crippen LogP contribution in [0.25, 0.3) is 0 Å². The van der Waals surface area contributed by atoms with Crippen molar-refractivity contribution in [1.29, 1.82) is 0 Å². The number of hydrogen-bond acceptors (Lipinski definition) is 7. The zero-order valence-electron chi connectivity index (χ0n) is 20.2. The number of amides is 1. The Morgan fingerprint density at radius 2 is 1.72 bits per heavy atom. The lowest BCUT2D eigenvalue weighted by molar-refractivity contribution is 0.0732. The van der Waals surface area contributed by atoms with Crippen molar-refractivity contribution in [2.24, 2.45) is 0 Å². The molecule has 10 heteroatoms. The Labute approximate surface area is 220 Å². The smallest absolute Gasteiger partial charge is 0.254 e. The van der Waals surface area contributed by atoms with Crippen molar-refractivity contribution < 1.29 is 14.3 Å². The number of carbonyl (C=O) groups is 1. The monoisotopic (exact) mass is 527 g/mol. The van der Waals surface area contributed by atoms with E-state index in [0.29, 0.717) is 58.4 Å². The van der Waals surface area contributed by atoms with E-state index in [4.69, 9.17) is 42.6 Å². The molecule has 36 heavy (non-hydrogen) atoms. The maximum atomic E-state index is 13.3. The third-order valence-corrected chi connectivity index (χ3v) is 7.25. The van der Waals surface area contributed by atoms with Crippen molar-refractivity contribution in [1.82, 2.24) is 19.8 Å². The quantitative estimate of drug-likeness (QED) is 0.482. The average molecular weight is 528 g/mol. The lowest BCUT2D eigenvalue weighted by Crippen LogP contribution is -2.45. The number of nitrogens with zero attached hydrogens (tertiary/aromatic N) is 5. The van der Waals surface area contributed by atoms with Gasteiger partial charge in [-0.15, -0.1) is 0 Å². The van der Waals surface area contributed by atoms with Crippen molar-refractivity contribution in [2.45, 2.75) is 13.0 Å². The number of aromatic nitrogens is 2. The number of benzene rings is 2. The number of ether oxygens (including phenoxy) is 2. The number of likely N-dealkylation sites (N-methyl/N-ethyl adjacent to an activating group) is 1. The van der Waals surface area contributed by atoms with Gasteiger partial charge in [0.2, 0.25) is 11.8 Å². The van der Waals surface area contributed by atoms with Gasteiger partial charge in [0.05, 0.1) is 35.0 Å². The summed E-state index contributed by atoms with van der Waals surface area (Å²) < 4.78 is 11.6. The molecule has 0 saturated carbocycles. The van der Waals surface area contributed by atoms with Crippen LogP contribution in [0.2, 0.25) is 10.0 Å². The molecule has 3 heterocycles. The molecule has 0 radical (unpaired) electrons. The van der Waals surface area contributed by atoms with E-state index in [2.05, 4.69) is 16.8 Å². The number of carbonyl (C=O) groups excluding carboxylic acids is 1. The summed E-state index contributed by atoms with van der Waals surface area (Å²) in [7, 11) is 3.73. The van der Waals surface area contributed by atoms with Gasteiger partial charge in [-0.3, -0.25) is 4.79 Å². The second kappa shape index (κ2) is 10.5. The Kier molecular flexibility index (Phi) is 7.18. The SMILES string of the molecule is COc1cccc(Oc2nc(N3CCN(C)CC3)nc3c2CN(C(=O)c2ccc(Cl)c(Cl)c2)CC3)c1. The van der Waals surface area contributed by atoms with Crippen LogP contribution in [0.15, 0.2) is 42.5 Å². The number of anilines is 1. The van der Waals surface area contributed by atoms with Crippen LogP contribution in [0, 0.1) is 0 Å². The highest BCUT2D eigenvalue weighted by molar-refractivity contribution is 6.42. The zero-order chi connectivity index (χ0) is 25.2. The van der Waals surface area contributed by atoms with E-state index >= 15 is 0 Å². The van der Waals surface area contributed by atoms with Gasteiger partial charge in [0.1, 0.15) is 11.5 Å². The molecule has 2 aliphatic rings. The van der Waals surface area contributed by atoms with Crippen molar-refractivity contribution in [3.05, 3.63) is 69.3 Å². The molecule has 0 spiro atoms. The topological polar surface area (TPSA) is 71.0 Å². The molecular weight excluding hydrogens is 501 g/mol. The fraction of sp³-hybridized carbons (Fsp3) is 0.346. The maximum absolute atomic E-state index is 13.3. The summed E-state index contributed by atoms with van der Waals surface area (Å²) >= 11 is 12.2. The zero-order valence-corrected chi connectivity index (χ0v) is 21.7. The predicted molar refractivity (Wildman–Crippen MR) is 140 cm³/mol. The second-order valence-corrected chi connectivity index (χ2v) is 9.75. The highest BCUT2D eigenvalue weighted by Gasteiger charge is 2.29. The molecular formula is C26H27Cl2N5O3. The summed E-state index contributed by atoms with van der Waals surface area (Å²) in [5, 5.41) is 0.762. The normalized spacial score (nSPS) is 16.0. The van der Waals surface area contributed by atoms with Crippen molar-refractivity contribution in [3.8, 4) is 17.4 Å². The lowest BCUT2D eigenvalue weighted by Gasteiger charge is -2.34. The van der Waals surface area contributed by atoms with Gasteiger partial charge in [-0.25, -0.2) is 4.98 Å². The van der Waals surface area contributed by atoms with Gasteiger partial charge in [0, 0.05) is 50.8 Å². The molecule has 2 aromatic carbocycles. The standard InChI is InChI=1S/C26H27Cl2N5O3/c1-31-10-12-32(13-11-31)26-29-23-8-9-33(25(34)17-6-7-21(27)22(28)14-17)16-20(23)24(30-26)36-19-5-3-4-18(15-19)35-2/h3-7,14-15H,8-13,16H2,1-2H3. The van der Waals surface area contributed by atoms with E-state index in [1.165, 1.54) is 0 Å². The van der Waals surface area contributed by atoms with E-state index in [0.717, 1.165) is 37.4 Å². The highest BCUT2D eigenvalue weighted by Crippen LogP contribution is 2.33. The van der Waals surface area contributed by atoms with E-state index in [9.17, 15) is 4.79 Å². The Morgan fingerprint density at radius 3 is 2.47 bits per heavy atom. The van der Waals surface area contributed by atoms with Gasteiger partial charge < -0.3 is 24.2 Å². The number of piperazine rings is 1. The molecule has 0 unspecified atom stereocenters. The summed E-state index contributed by atoms with van der Waals surface area (Å²) in [6.45, 7) is 4.43. The average Bonchev–Trinajstić information content (AvgIpc) is 2.90. The number of rotatable bonds is 5. The predicted octanol–water partition coefficient (Wildman–Crippen LogP) is 4.53. The molecule has 1 amide bonds. The molecule has 1 saturated heterocycles. The van der Waals surface area contributed by atoms with E-state index in [1.807, 2.05) is 24.3 Å². The van der Waals surface area contributed by atoms with Crippen LogP contribution in [-0.2, 0) is 13.0 Å². The Balaban J connectivity index is 1.48. The molecule has 0 N–H and O–H groups in total. The van der Waals surface area contributed by atoms with E-state index < -0.39 is 0 Å². The fourth-order valence-corrected chi connectivity index (χ4v) is 4.66. The third kappa shape index (κ3) is 5.21. The summed E-state index contributed by atoms with van der Waals surface area (Å²) in [5.41, 5.74) is 2.18. The lowest BCUT2D eigenvalue weighted by atomic mass is 10.1. The molecule has 1 fully saturated rings. The maximum Gasteiger partial charge on any atom is 0.254 e. The van der Waals surface area contributed by atoms with Crippen LogP contribution >= 0.6 is 23.2 Å². The van der Waals surface area contributed by atoms with Crippen LogP contribution in [0.1, 0.15) is 21.6 Å². The van der Waals surface area contributed by atoms with Gasteiger partial charge in [-0.05, 0) is 37.4 Å². The number of fused-ring (bicyclic) bond motifs is 1. The minimum absolute atomic E-state index is 0.130. The van der Waals surface area contributed by atoms with Crippen molar-refractivity contribution in [3.63, 3.8) is 0 Å². The molecule has 0 aliphatic carbocycles. The summed E-state index contributed by atoms with van der Waals surface area (Å²) in [5.74, 6) is 2.27. The van der Waals surface area contributed by atoms with Gasteiger partial charge in [0.25, 0.3) is 5.91 Å². The molecule has 0 bridgehead atoms. The minimum atomic E-state index is -0.130. The number of hydrogen-bond donors (Lipinski definition) is 0. The Hall–Kier alpha value is -3.07. The van der Waals surface area contributed by atoms with Gasteiger partial charge in [0.15, 0.2) is 0 Å². The van der Waals surface area contributed by atoms with Crippen LogP contribution in [0.5, 0.6) is 17.4 Å². The first kappa shape index (κ1) is 24.6. The first-order valence-electron chi connectivity index (χ1n) is 11.8. The summed E-state index contributed by atoms with van der Waals surface area (Å²) in [4.78, 5) is 29.3. The molecule has 188 valence electrons. The van der Waals surface area contributed by atoms with Crippen LogP contribution in [0.3, 0.4) is 0 Å². The van der Waals surface area contributed by atoms with Gasteiger partial charge in [-0.1, -0.05) is 29.3 Å². The summed E-state index contributed by atoms with van der Waals surface area (Å²) in [6.07, 6.45) is 0.597. The van der Waals surface area contributed by atoms with E-state index in [1.54, 1.807) is 30.2 Å².